The summed E-state index contributed by atoms with van der Waals surface area (Å²) < 4.78 is 0. The summed E-state index contributed by atoms with van der Waals surface area (Å²) >= 11 is 0. The summed E-state index contributed by atoms with van der Waals surface area (Å²) in [4.78, 5) is 25.6. The van der Waals surface area contributed by atoms with Gasteiger partial charge in [0.15, 0.2) is 5.82 Å². The molecule has 1 saturated carbocycles. The van der Waals surface area contributed by atoms with Crippen molar-refractivity contribution in [3.05, 3.63) is 30.1 Å². The normalized spacial score (nSPS) is 14.0. The summed E-state index contributed by atoms with van der Waals surface area (Å²) in [5.41, 5.74) is 0.913. The molecule has 1 fully saturated rings. The van der Waals surface area contributed by atoms with E-state index in [4.69, 9.17) is 4.98 Å². The lowest BCUT2D eigenvalue weighted by Gasteiger charge is -2.18. The number of benzene rings is 1. The summed E-state index contributed by atoms with van der Waals surface area (Å²) in [6.45, 7) is 2.33. The zero-order valence-corrected chi connectivity index (χ0v) is 16.0. The van der Waals surface area contributed by atoms with Crippen LogP contribution in [0.15, 0.2) is 24.3 Å². The number of hydrogen-bond donors (Lipinski definition) is 1. The molecule has 2 aromatic rings. The summed E-state index contributed by atoms with van der Waals surface area (Å²) in [6.07, 6.45) is 4.07. The molecule has 26 heavy (non-hydrogen) atoms. The molecular formula is C20H29N5O. The number of rotatable bonds is 9. The van der Waals surface area contributed by atoms with Crippen LogP contribution in [0.3, 0.4) is 0 Å². The van der Waals surface area contributed by atoms with Crippen molar-refractivity contribution in [2.75, 3.05) is 39.5 Å². The highest BCUT2D eigenvalue weighted by Crippen LogP contribution is 2.32. The topological polar surface area (TPSA) is 61.4 Å². The third kappa shape index (κ3) is 5.14. The van der Waals surface area contributed by atoms with Crippen LogP contribution in [0.2, 0.25) is 0 Å². The quantitative estimate of drug-likeness (QED) is 0.701. The number of para-hydroxylation sites is 1. The molecule has 1 N–H and O–H groups in total. The van der Waals surface area contributed by atoms with Gasteiger partial charge < -0.3 is 15.1 Å². The van der Waals surface area contributed by atoms with Crippen LogP contribution in [0.25, 0.3) is 10.9 Å². The average molecular weight is 355 g/mol. The molecule has 1 aliphatic carbocycles. The fourth-order valence-electron chi connectivity index (χ4n) is 2.96. The molecule has 1 aliphatic rings. The van der Waals surface area contributed by atoms with Gasteiger partial charge in [-0.1, -0.05) is 12.1 Å². The Morgan fingerprint density at radius 1 is 1.19 bits per heavy atom. The minimum absolute atomic E-state index is 0.185. The van der Waals surface area contributed by atoms with Crippen molar-refractivity contribution >= 4 is 22.6 Å². The first-order valence-corrected chi connectivity index (χ1v) is 9.41. The molecule has 0 radical (unpaired) electrons. The Kier molecular flexibility index (Phi) is 6.04. The first kappa shape index (κ1) is 18.6. The maximum Gasteiger partial charge on any atom is 0.222 e. The Morgan fingerprint density at radius 2 is 1.96 bits per heavy atom. The van der Waals surface area contributed by atoms with E-state index in [2.05, 4.69) is 29.3 Å². The van der Waals surface area contributed by atoms with E-state index in [1.54, 1.807) is 4.90 Å². The van der Waals surface area contributed by atoms with Gasteiger partial charge in [-0.3, -0.25) is 4.79 Å². The first-order chi connectivity index (χ1) is 12.5. The number of fused-ring (bicyclic) bond motifs is 1. The highest BCUT2D eigenvalue weighted by Gasteiger charge is 2.26. The second kappa shape index (κ2) is 8.45. The van der Waals surface area contributed by atoms with E-state index >= 15 is 0 Å². The number of nitrogens with zero attached hydrogens (tertiary/aromatic N) is 4. The lowest BCUT2D eigenvalue weighted by Crippen LogP contribution is -2.27. The van der Waals surface area contributed by atoms with Gasteiger partial charge in [0.1, 0.15) is 5.82 Å². The number of anilines is 1. The highest BCUT2D eigenvalue weighted by molar-refractivity contribution is 5.89. The van der Waals surface area contributed by atoms with Gasteiger partial charge in [-0.2, -0.15) is 0 Å². The molecule has 1 aromatic heterocycles. The van der Waals surface area contributed by atoms with Gasteiger partial charge in [-0.25, -0.2) is 9.97 Å². The Morgan fingerprint density at radius 3 is 2.69 bits per heavy atom. The number of carbonyl (C=O) groups is 1. The van der Waals surface area contributed by atoms with Gasteiger partial charge in [0.25, 0.3) is 0 Å². The molecule has 0 unspecified atom stereocenters. The minimum atomic E-state index is 0.185. The Balaban J connectivity index is 1.71. The number of nitrogens with one attached hydrogen (secondary N) is 1. The smallest absolute Gasteiger partial charge is 0.222 e. The fraction of sp³-hybridized carbons (Fsp3) is 0.550. The van der Waals surface area contributed by atoms with Crippen LogP contribution >= 0.6 is 0 Å². The molecule has 0 aliphatic heterocycles. The summed E-state index contributed by atoms with van der Waals surface area (Å²) in [6, 6.07) is 8.02. The summed E-state index contributed by atoms with van der Waals surface area (Å²) in [5.74, 6) is 2.32. The van der Waals surface area contributed by atoms with Gasteiger partial charge in [0, 0.05) is 25.4 Å². The molecule has 0 saturated heterocycles. The summed E-state index contributed by atoms with van der Waals surface area (Å²) in [7, 11) is 5.99. The first-order valence-electron chi connectivity index (χ1n) is 9.41. The van der Waals surface area contributed by atoms with Gasteiger partial charge in [-0.05, 0) is 58.0 Å². The lowest BCUT2D eigenvalue weighted by molar-refractivity contribution is -0.130. The molecule has 3 rings (SSSR count). The zero-order chi connectivity index (χ0) is 18.5. The maximum absolute atomic E-state index is 12.3. The minimum Gasteiger partial charge on any atom is -0.369 e. The number of aromatic nitrogens is 2. The predicted molar refractivity (Wildman–Crippen MR) is 105 cm³/mol. The highest BCUT2D eigenvalue weighted by atomic mass is 16.2. The van der Waals surface area contributed by atoms with Gasteiger partial charge in [-0.15, -0.1) is 0 Å². The molecule has 1 heterocycles. The fourth-order valence-corrected chi connectivity index (χ4v) is 2.96. The van der Waals surface area contributed by atoms with Gasteiger partial charge in [0.2, 0.25) is 5.91 Å². The lowest BCUT2D eigenvalue weighted by atomic mass is 10.2. The van der Waals surface area contributed by atoms with Crippen LogP contribution in [0.1, 0.15) is 31.5 Å². The van der Waals surface area contributed by atoms with Crippen LogP contribution in [0, 0.1) is 5.92 Å². The number of hydrogen-bond acceptors (Lipinski definition) is 5. The molecule has 0 spiro atoms. The third-order valence-corrected chi connectivity index (χ3v) is 4.69. The monoisotopic (exact) mass is 355 g/mol. The van der Waals surface area contributed by atoms with Crippen molar-refractivity contribution in [2.45, 2.75) is 32.2 Å². The third-order valence-electron chi connectivity index (χ3n) is 4.69. The van der Waals surface area contributed by atoms with Gasteiger partial charge in [0.05, 0.1) is 12.1 Å². The standard InChI is InChI=1S/C20H29N5O/c1-24(2)12-6-11-21-20-16-7-4-5-8-17(16)22-18(23-20)14-25(3)19(26)13-15-9-10-15/h4-5,7-8,15H,6,9-14H2,1-3H3,(H,21,22,23). The van der Waals surface area contributed by atoms with Gasteiger partial charge >= 0.3 is 0 Å². The van der Waals surface area contributed by atoms with E-state index in [1.165, 1.54) is 12.8 Å². The van der Waals surface area contributed by atoms with Crippen molar-refractivity contribution in [2.24, 2.45) is 5.92 Å². The molecule has 1 aromatic carbocycles. The Bertz CT molecular complexity index is 757. The van der Waals surface area contributed by atoms with Crippen LogP contribution in [-0.2, 0) is 11.3 Å². The Labute approximate surface area is 155 Å². The molecule has 6 heteroatoms. The van der Waals surface area contributed by atoms with E-state index in [9.17, 15) is 4.79 Å². The molecular weight excluding hydrogens is 326 g/mol. The van der Waals surface area contributed by atoms with Crippen molar-refractivity contribution < 1.29 is 4.79 Å². The molecule has 0 bridgehead atoms. The van der Waals surface area contributed by atoms with Crippen LogP contribution < -0.4 is 5.32 Å². The van der Waals surface area contributed by atoms with E-state index in [0.29, 0.717) is 24.7 Å². The van der Waals surface area contributed by atoms with Crippen molar-refractivity contribution in [1.29, 1.82) is 0 Å². The van der Waals surface area contributed by atoms with E-state index < -0.39 is 0 Å². The second-order valence-electron chi connectivity index (χ2n) is 7.49. The van der Waals surface area contributed by atoms with E-state index in [1.807, 2.05) is 31.3 Å². The number of amides is 1. The second-order valence-corrected chi connectivity index (χ2v) is 7.49. The van der Waals surface area contributed by atoms with E-state index in [0.717, 1.165) is 36.2 Å². The van der Waals surface area contributed by atoms with Crippen molar-refractivity contribution in [1.82, 2.24) is 19.8 Å². The largest absolute Gasteiger partial charge is 0.369 e. The van der Waals surface area contributed by atoms with Crippen LogP contribution in [0.4, 0.5) is 5.82 Å². The molecule has 140 valence electrons. The molecule has 0 atom stereocenters. The van der Waals surface area contributed by atoms with Crippen LogP contribution in [0.5, 0.6) is 0 Å². The Hall–Kier alpha value is -2.21. The van der Waals surface area contributed by atoms with Crippen molar-refractivity contribution in [3.63, 3.8) is 0 Å². The van der Waals surface area contributed by atoms with Crippen molar-refractivity contribution in [3.8, 4) is 0 Å². The molecule has 6 nitrogen and oxygen atoms in total. The van der Waals surface area contributed by atoms with E-state index in [-0.39, 0.29) is 5.91 Å². The molecule has 1 amide bonds. The predicted octanol–water partition coefficient (Wildman–Crippen LogP) is 2.75. The average Bonchev–Trinajstić information content (AvgIpc) is 3.42. The number of carbonyl (C=O) groups excluding carboxylic acids is 1. The van der Waals surface area contributed by atoms with Crippen LogP contribution in [-0.4, -0.2) is 59.9 Å². The SMILES string of the molecule is CN(C)CCCNc1nc(CN(C)C(=O)CC2CC2)nc2ccccc12. The maximum atomic E-state index is 12.3. The zero-order valence-electron chi connectivity index (χ0n) is 16.0. The summed E-state index contributed by atoms with van der Waals surface area (Å²) in [5, 5.41) is 4.47.